The highest BCUT2D eigenvalue weighted by molar-refractivity contribution is 5.53. The number of para-hydroxylation sites is 1. The first-order valence-electron chi connectivity index (χ1n) is 7.20. The van der Waals surface area contributed by atoms with Crippen LogP contribution in [-0.2, 0) is 9.47 Å². The van der Waals surface area contributed by atoms with E-state index in [4.69, 9.17) is 9.47 Å². The Hall–Kier alpha value is -1.57. The fourth-order valence-corrected chi connectivity index (χ4v) is 3.08. The molecule has 2 aliphatic rings. The van der Waals surface area contributed by atoms with Crippen LogP contribution in [0.3, 0.4) is 0 Å². The van der Waals surface area contributed by atoms with Gasteiger partial charge in [-0.2, -0.15) is 5.26 Å². The molecule has 0 aromatic heterocycles. The van der Waals surface area contributed by atoms with Gasteiger partial charge in [0, 0.05) is 18.5 Å². The predicted molar refractivity (Wildman–Crippen MR) is 76.2 cm³/mol. The van der Waals surface area contributed by atoms with Gasteiger partial charge in [-0.15, -0.1) is 0 Å². The van der Waals surface area contributed by atoms with Crippen molar-refractivity contribution in [2.45, 2.75) is 43.9 Å². The largest absolute Gasteiger partial charge is 0.367 e. The molecule has 0 amide bonds. The molecule has 0 atom stereocenters. The Morgan fingerprint density at radius 1 is 1.10 bits per heavy atom. The smallest absolute Gasteiger partial charge is 0.168 e. The Balaban J connectivity index is 1.74. The van der Waals surface area contributed by atoms with Crippen molar-refractivity contribution in [1.82, 2.24) is 0 Å². The van der Waals surface area contributed by atoms with Gasteiger partial charge >= 0.3 is 0 Å². The first-order chi connectivity index (χ1) is 9.67. The van der Waals surface area contributed by atoms with E-state index >= 15 is 0 Å². The summed E-state index contributed by atoms with van der Waals surface area (Å²) in [4.78, 5) is 0. The van der Waals surface area contributed by atoms with Gasteiger partial charge in [-0.3, -0.25) is 0 Å². The van der Waals surface area contributed by atoms with Gasteiger partial charge in [-0.05, 0) is 31.4 Å². The van der Waals surface area contributed by atoms with Gasteiger partial charge in [0.1, 0.15) is 5.54 Å². The lowest BCUT2D eigenvalue weighted by atomic mass is 9.79. The minimum absolute atomic E-state index is 0.423. The maximum atomic E-state index is 9.63. The minimum Gasteiger partial charge on any atom is -0.367 e. The van der Waals surface area contributed by atoms with E-state index in [1.54, 1.807) is 0 Å². The number of benzene rings is 1. The topological polar surface area (TPSA) is 54.3 Å². The molecule has 2 fully saturated rings. The third kappa shape index (κ3) is 2.39. The van der Waals surface area contributed by atoms with Crippen molar-refractivity contribution < 1.29 is 9.47 Å². The molecule has 4 heteroatoms. The Morgan fingerprint density at radius 3 is 2.35 bits per heavy atom. The fourth-order valence-electron chi connectivity index (χ4n) is 3.08. The van der Waals surface area contributed by atoms with Crippen LogP contribution in [0.25, 0.3) is 0 Å². The van der Waals surface area contributed by atoms with Crippen molar-refractivity contribution in [2.75, 3.05) is 18.5 Å². The molecule has 20 heavy (non-hydrogen) atoms. The fraction of sp³-hybridized carbons (Fsp3) is 0.562. The molecule has 1 aliphatic carbocycles. The highest BCUT2D eigenvalue weighted by Crippen LogP contribution is 2.41. The molecule has 1 heterocycles. The number of aryl methyl sites for hydroxylation is 1. The van der Waals surface area contributed by atoms with E-state index in [9.17, 15) is 5.26 Å². The van der Waals surface area contributed by atoms with Gasteiger partial charge in [-0.25, -0.2) is 0 Å². The average Bonchev–Trinajstić information content (AvgIpc) is 2.93. The molecule has 3 rings (SSSR count). The summed E-state index contributed by atoms with van der Waals surface area (Å²) >= 11 is 0. The van der Waals surface area contributed by atoms with Crippen molar-refractivity contribution in [3.8, 4) is 6.07 Å². The zero-order valence-electron chi connectivity index (χ0n) is 11.8. The van der Waals surface area contributed by atoms with Crippen LogP contribution in [0.1, 0.15) is 31.2 Å². The van der Waals surface area contributed by atoms with Gasteiger partial charge in [0.25, 0.3) is 0 Å². The van der Waals surface area contributed by atoms with E-state index in [1.807, 2.05) is 18.2 Å². The highest BCUT2D eigenvalue weighted by Gasteiger charge is 2.46. The van der Waals surface area contributed by atoms with E-state index < -0.39 is 11.3 Å². The minimum atomic E-state index is -0.507. The second-order valence-electron chi connectivity index (χ2n) is 5.74. The summed E-state index contributed by atoms with van der Waals surface area (Å²) < 4.78 is 11.5. The van der Waals surface area contributed by atoms with Crippen molar-refractivity contribution >= 4 is 5.69 Å². The molecular weight excluding hydrogens is 252 g/mol. The number of ether oxygens (including phenoxy) is 2. The summed E-state index contributed by atoms with van der Waals surface area (Å²) in [6.45, 7) is 3.40. The second kappa shape index (κ2) is 5.08. The van der Waals surface area contributed by atoms with Gasteiger partial charge in [0.2, 0.25) is 0 Å². The summed E-state index contributed by atoms with van der Waals surface area (Å²) in [5.74, 6) is -0.423. The second-order valence-corrected chi connectivity index (χ2v) is 5.74. The molecule has 1 N–H and O–H groups in total. The summed E-state index contributed by atoms with van der Waals surface area (Å²) in [5, 5.41) is 13.1. The predicted octanol–water partition coefficient (Wildman–Crippen LogP) is 2.99. The van der Waals surface area contributed by atoms with Crippen LogP contribution in [0.4, 0.5) is 5.69 Å². The van der Waals surface area contributed by atoms with Crippen molar-refractivity contribution in [1.29, 1.82) is 5.26 Å². The monoisotopic (exact) mass is 272 g/mol. The van der Waals surface area contributed by atoms with E-state index in [0.717, 1.165) is 36.9 Å². The molecular formula is C16H20N2O2. The third-order valence-corrected chi connectivity index (χ3v) is 4.41. The first kappa shape index (κ1) is 13.4. The lowest BCUT2D eigenvalue weighted by Gasteiger charge is -2.40. The zero-order valence-corrected chi connectivity index (χ0v) is 11.8. The normalized spacial score (nSPS) is 23.4. The van der Waals surface area contributed by atoms with Crippen LogP contribution in [0.5, 0.6) is 0 Å². The van der Waals surface area contributed by atoms with Crippen molar-refractivity contribution in [3.63, 3.8) is 0 Å². The molecule has 1 spiro atoms. The van der Waals surface area contributed by atoms with Crippen LogP contribution in [0, 0.1) is 18.3 Å². The van der Waals surface area contributed by atoms with Gasteiger partial charge < -0.3 is 14.8 Å². The molecule has 106 valence electrons. The standard InChI is InChI=1S/C16H20N2O2/c1-13-4-2-3-5-14(13)18-15(12-17)6-8-16(9-7-15)19-10-11-20-16/h2-5,18H,6-11H2,1H3. The highest BCUT2D eigenvalue weighted by atomic mass is 16.7. The summed E-state index contributed by atoms with van der Waals surface area (Å²) in [6.07, 6.45) is 3.05. The Labute approximate surface area is 119 Å². The van der Waals surface area contributed by atoms with E-state index in [1.165, 1.54) is 0 Å². The Bertz CT molecular complexity index is 520. The first-order valence-corrected chi connectivity index (χ1v) is 7.20. The zero-order chi connectivity index (χ0) is 14.1. The van der Waals surface area contributed by atoms with Gasteiger partial charge in [0.15, 0.2) is 5.79 Å². The number of nitriles is 1. The molecule has 0 bridgehead atoms. The van der Waals surface area contributed by atoms with E-state index in [2.05, 4.69) is 24.4 Å². The summed E-state index contributed by atoms with van der Waals surface area (Å²) in [7, 11) is 0. The molecule has 0 unspecified atom stereocenters. The lowest BCUT2D eigenvalue weighted by molar-refractivity contribution is -0.180. The Kier molecular flexibility index (Phi) is 3.41. The van der Waals surface area contributed by atoms with Crippen molar-refractivity contribution in [2.24, 2.45) is 0 Å². The number of anilines is 1. The third-order valence-electron chi connectivity index (χ3n) is 4.41. The lowest BCUT2D eigenvalue weighted by Crippen LogP contribution is -2.47. The van der Waals surface area contributed by atoms with Crippen LogP contribution < -0.4 is 5.32 Å². The quantitative estimate of drug-likeness (QED) is 0.899. The number of nitrogens with zero attached hydrogens (tertiary/aromatic N) is 1. The maximum Gasteiger partial charge on any atom is 0.168 e. The van der Waals surface area contributed by atoms with Gasteiger partial charge in [0.05, 0.1) is 19.3 Å². The Morgan fingerprint density at radius 2 is 1.75 bits per heavy atom. The average molecular weight is 272 g/mol. The molecule has 1 aromatic carbocycles. The molecule has 4 nitrogen and oxygen atoms in total. The molecule has 1 aromatic rings. The van der Waals surface area contributed by atoms with E-state index in [0.29, 0.717) is 13.2 Å². The number of nitrogens with one attached hydrogen (secondary N) is 1. The molecule has 1 saturated carbocycles. The number of hydrogen-bond acceptors (Lipinski definition) is 4. The van der Waals surface area contributed by atoms with Crippen molar-refractivity contribution in [3.05, 3.63) is 29.8 Å². The number of rotatable bonds is 2. The SMILES string of the molecule is Cc1ccccc1NC1(C#N)CCC2(CC1)OCCO2. The number of hydrogen-bond donors (Lipinski definition) is 1. The van der Waals surface area contributed by atoms with E-state index in [-0.39, 0.29) is 0 Å². The summed E-state index contributed by atoms with van der Waals surface area (Å²) in [5.41, 5.74) is 1.70. The summed E-state index contributed by atoms with van der Waals surface area (Å²) in [6, 6.07) is 10.6. The van der Waals surface area contributed by atoms with Crippen LogP contribution in [0.2, 0.25) is 0 Å². The molecule has 1 aliphatic heterocycles. The van der Waals surface area contributed by atoms with Crippen LogP contribution in [0.15, 0.2) is 24.3 Å². The molecule has 0 radical (unpaired) electrons. The van der Waals surface area contributed by atoms with Gasteiger partial charge in [-0.1, -0.05) is 18.2 Å². The van der Waals surface area contributed by atoms with Crippen LogP contribution >= 0.6 is 0 Å². The maximum absolute atomic E-state index is 9.63. The van der Waals surface area contributed by atoms with Crippen LogP contribution in [-0.4, -0.2) is 24.5 Å². The molecule has 1 saturated heterocycles.